The quantitative estimate of drug-likeness (QED) is 0.632. The van der Waals surface area contributed by atoms with Crippen molar-refractivity contribution in [2.24, 2.45) is 5.92 Å². The van der Waals surface area contributed by atoms with E-state index in [1.807, 2.05) is 0 Å². The van der Waals surface area contributed by atoms with E-state index in [9.17, 15) is 27.2 Å². The molecule has 1 saturated heterocycles. The summed E-state index contributed by atoms with van der Waals surface area (Å²) in [7, 11) is 0. The summed E-state index contributed by atoms with van der Waals surface area (Å²) in [5.74, 6) is -2.08. The van der Waals surface area contributed by atoms with Crippen molar-refractivity contribution in [1.82, 2.24) is 20.0 Å². The maximum atomic E-state index is 14.3. The van der Waals surface area contributed by atoms with Crippen molar-refractivity contribution in [2.75, 3.05) is 13.1 Å². The van der Waals surface area contributed by atoms with E-state index in [0.29, 0.717) is 13.0 Å². The van der Waals surface area contributed by atoms with E-state index in [0.717, 1.165) is 10.7 Å². The fraction of sp³-hybridized carbons (Fsp3) is 0.476. The summed E-state index contributed by atoms with van der Waals surface area (Å²) in [5.41, 5.74) is -0.680. The number of alkyl halides is 3. The fourth-order valence-corrected chi connectivity index (χ4v) is 4.55. The summed E-state index contributed by atoms with van der Waals surface area (Å²) in [6, 6.07) is 3.20. The van der Waals surface area contributed by atoms with Gasteiger partial charge in [-0.15, -0.1) is 0 Å². The molecule has 4 rings (SSSR count). The molecule has 2 aromatic rings. The average Bonchev–Trinajstić information content (AvgIpc) is 3.34. The second kappa shape index (κ2) is 8.94. The van der Waals surface area contributed by atoms with Crippen molar-refractivity contribution in [3.8, 4) is 0 Å². The number of carboxylic acids is 1. The van der Waals surface area contributed by atoms with Gasteiger partial charge in [-0.25, -0.2) is 4.39 Å². The number of carbonyl (C=O) groups excluding carboxylic acids is 1. The molecule has 1 aromatic carbocycles. The van der Waals surface area contributed by atoms with Crippen LogP contribution in [0.4, 0.5) is 17.6 Å². The summed E-state index contributed by atoms with van der Waals surface area (Å²) in [4.78, 5) is 25.4. The zero-order valence-electron chi connectivity index (χ0n) is 17.3. The normalized spacial score (nSPS) is 20.7. The first-order valence-electron chi connectivity index (χ1n) is 10.4. The van der Waals surface area contributed by atoms with Crippen molar-refractivity contribution in [3.05, 3.63) is 51.6 Å². The number of fused-ring (bicyclic) bond motifs is 1. The molecule has 1 fully saturated rings. The Kier molecular flexibility index (Phi) is 6.37. The Labute approximate surface area is 191 Å². The maximum absolute atomic E-state index is 14.3. The Morgan fingerprint density at radius 2 is 2.06 bits per heavy atom. The topological polar surface area (TPSA) is 87.5 Å². The first-order chi connectivity index (χ1) is 15.5. The lowest BCUT2D eigenvalue weighted by Gasteiger charge is -2.29. The molecule has 1 unspecified atom stereocenters. The summed E-state index contributed by atoms with van der Waals surface area (Å²) < 4.78 is 56.1. The van der Waals surface area contributed by atoms with E-state index in [2.05, 4.69) is 10.4 Å². The number of aliphatic carboxylic acids is 1. The molecule has 0 saturated carbocycles. The van der Waals surface area contributed by atoms with Crippen molar-refractivity contribution in [1.29, 1.82) is 0 Å². The lowest BCUT2D eigenvalue weighted by atomic mass is 9.99. The predicted octanol–water partition coefficient (Wildman–Crippen LogP) is 3.08. The molecule has 0 spiro atoms. The van der Waals surface area contributed by atoms with Crippen molar-refractivity contribution < 1.29 is 32.3 Å². The summed E-state index contributed by atoms with van der Waals surface area (Å²) in [5, 5.41) is 15.8. The van der Waals surface area contributed by atoms with Crippen molar-refractivity contribution >= 4 is 23.5 Å². The smallest absolute Gasteiger partial charge is 0.435 e. The molecule has 1 aromatic heterocycles. The highest BCUT2D eigenvalue weighted by atomic mass is 35.5. The lowest BCUT2D eigenvalue weighted by molar-refractivity contribution is -0.142. The molecule has 12 heteroatoms. The molecular formula is C21H21ClF4N4O3. The summed E-state index contributed by atoms with van der Waals surface area (Å²) in [6.45, 7) is 0.150. The van der Waals surface area contributed by atoms with Gasteiger partial charge in [-0.2, -0.15) is 18.3 Å². The molecular weight excluding hydrogens is 468 g/mol. The Balaban J connectivity index is 1.55. The van der Waals surface area contributed by atoms with Crippen molar-refractivity contribution in [2.45, 2.75) is 44.6 Å². The second-order valence-electron chi connectivity index (χ2n) is 8.34. The molecule has 0 bridgehead atoms. The van der Waals surface area contributed by atoms with Gasteiger partial charge in [0.2, 0.25) is 5.91 Å². The highest BCUT2D eigenvalue weighted by Crippen LogP contribution is 2.36. The van der Waals surface area contributed by atoms with Gasteiger partial charge in [-0.05, 0) is 37.4 Å². The van der Waals surface area contributed by atoms with Gasteiger partial charge in [0.1, 0.15) is 11.9 Å². The van der Waals surface area contributed by atoms with Gasteiger partial charge < -0.3 is 15.3 Å². The first kappa shape index (κ1) is 23.5. The number of hydrogen-bond acceptors (Lipinski definition) is 4. The van der Waals surface area contributed by atoms with Crippen LogP contribution in [0.5, 0.6) is 0 Å². The Bertz CT molecular complexity index is 1090. The minimum Gasteiger partial charge on any atom is -0.480 e. The Morgan fingerprint density at radius 1 is 1.30 bits per heavy atom. The van der Waals surface area contributed by atoms with Gasteiger partial charge in [0.05, 0.1) is 18.8 Å². The molecule has 33 heavy (non-hydrogen) atoms. The van der Waals surface area contributed by atoms with Gasteiger partial charge in [-0.3, -0.25) is 14.3 Å². The van der Waals surface area contributed by atoms with Crippen LogP contribution in [0.3, 0.4) is 0 Å². The van der Waals surface area contributed by atoms with Crippen LogP contribution in [0.25, 0.3) is 0 Å². The van der Waals surface area contributed by atoms with Crippen LogP contribution in [0.1, 0.15) is 35.4 Å². The maximum Gasteiger partial charge on any atom is 0.435 e. The minimum atomic E-state index is -4.68. The van der Waals surface area contributed by atoms with Crippen LogP contribution in [0.15, 0.2) is 18.2 Å². The monoisotopic (exact) mass is 488 g/mol. The largest absolute Gasteiger partial charge is 0.480 e. The van der Waals surface area contributed by atoms with Crippen LogP contribution in [-0.4, -0.2) is 50.8 Å². The Hall–Kier alpha value is -2.66. The predicted molar refractivity (Wildman–Crippen MR) is 109 cm³/mol. The minimum absolute atomic E-state index is 0.00870. The third-order valence-corrected chi connectivity index (χ3v) is 6.31. The standard InChI is InChI=1S/C21H21ClF4N4O3/c22-13-2-1-12(15(23)7-13)9-30-17-10-29(4-3-14(17)19(28-30)21(24,25)26)18(31)6-11-5-16(20(32)33)27-8-11/h1-2,7,11,16,27H,3-6,8-10H2,(H,32,33)/t11?,16-/m1/s1. The van der Waals surface area contributed by atoms with E-state index in [1.54, 1.807) is 0 Å². The van der Waals surface area contributed by atoms with Crippen LogP contribution in [-0.2, 0) is 35.3 Å². The molecule has 2 N–H and O–H groups in total. The molecule has 2 aliphatic heterocycles. The summed E-state index contributed by atoms with van der Waals surface area (Å²) >= 11 is 5.76. The third-order valence-electron chi connectivity index (χ3n) is 6.08. The number of halogens is 5. The van der Waals surface area contributed by atoms with E-state index in [1.165, 1.54) is 17.0 Å². The van der Waals surface area contributed by atoms with E-state index in [-0.39, 0.29) is 66.1 Å². The molecule has 7 nitrogen and oxygen atoms in total. The van der Waals surface area contributed by atoms with E-state index in [4.69, 9.17) is 16.7 Å². The number of rotatable bonds is 5. The number of aromatic nitrogens is 2. The van der Waals surface area contributed by atoms with Crippen LogP contribution < -0.4 is 5.32 Å². The van der Waals surface area contributed by atoms with Gasteiger partial charge in [0.15, 0.2) is 5.69 Å². The van der Waals surface area contributed by atoms with E-state index < -0.39 is 29.7 Å². The van der Waals surface area contributed by atoms with Crippen molar-refractivity contribution in [3.63, 3.8) is 0 Å². The number of carbonyl (C=O) groups is 2. The molecule has 1 amide bonds. The SMILES string of the molecule is O=C(O)[C@H]1CC(CC(=O)N2CCc3c(C(F)(F)F)nn(Cc4ccc(Cl)cc4F)c3C2)CN1. The molecule has 2 atom stereocenters. The van der Waals surface area contributed by atoms with Gasteiger partial charge in [0.25, 0.3) is 0 Å². The Morgan fingerprint density at radius 3 is 2.70 bits per heavy atom. The number of amides is 1. The zero-order valence-corrected chi connectivity index (χ0v) is 18.1. The number of nitrogens with zero attached hydrogens (tertiary/aromatic N) is 3. The zero-order chi connectivity index (χ0) is 23.9. The molecule has 178 valence electrons. The first-order valence-corrected chi connectivity index (χ1v) is 10.7. The molecule has 3 heterocycles. The van der Waals surface area contributed by atoms with Crippen LogP contribution >= 0.6 is 11.6 Å². The van der Waals surface area contributed by atoms with Gasteiger partial charge >= 0.3 is 12.1 Å². The number of nitrogens with one attached hydrogen (secondary N) is 1. The van der Waals surface area contributed by atoms with Gasteiger partial charge in [0, 0.05) is 29.1 Å². The molecule has 2 aliphatic rings. The molecule has 0 aliphatic carbocycles. The fourth-order valence-electron chi connectivity index (χ4n) is 4.39. The number of benzene rings is 1. The number of hydrogen-bond donors (Lipinski definition) is 2. The highest BCUT2D eigenvalue weighted by Gasteiger charge is 2.41. The average molecular weight is 489 g/mol. The third kappa shape index (κ3) is 4.98. The second-order valence-corrected chi connectivity index (χ2v) is 8.77. The van der Waals surface area contributed by atoms with E-state index >= 15 is 0 Å². The lowest BCUT2D eigenvalue weighted by Crippen LogP contribution is -2.38. The van der Waals surface area contributed by atoms with Crippen LogP contribution in [0, 0.1) is 11.7 Å². The summed E-state index contributed by atoms with van der Waals surface area (Å²) in [6.07, 6.45) is -4.30. The number of carboxylic acid groups (broad SMARTS) is 1. The van der Waals surface area contributed by atoms with Crippen LogP contribution in [0.2, 0.25) is 5.02 Å². The van der Waals surface area contributed by atoms with Gasteiger partial charge in [-0.1, -0.05) is 17.7 Å². The molecule has 0 radical (unpaired) electrons. The highest BCUT2D eigenvalue weighted by molar-refractivity contribution is 6.30.